The largest absolute Gasteiger partial charge is 0.462 e. The molecule has 0 aliphatic rings. The molecule has 0 aliphatic heterocycles. The SMILES string of the molecule is CCOC(=O)c1cc2ccc(CC)cc2nc1C(=O)OCC. The summed E-state index contributed by atoms with van der Waals surface area (Å²) in [5.41, 5.74) is 1.91. The minimum absolute atomic E-state index is 0.000975. The molecule has 0 atom stereocenters. The average Bonchev–Trinajstić information content (AvgIpc) is 2.53. The Morgan fingerprint density at radius 2 is 1.68 bits per heavy atom. The summed E-state index contributed by atoms with van der Waals surface area (Å²) < 4.78 is 10.00. The number of nitrogens with zero attached hydrogens (tertiary/aromatic N) is 1. The second-order valence-electron chi connectivity index (χ2n) is 4.71. The van der Waals surface area contributed by atoms with Gasteiger partial charge in [0.15, 0.2) is 5.69 Å². The lowest BCUT2D eigenvalue weighted by atomic mass is 10.1. The number of ether oxygens (including phenoxy) is 2. The Morgan fingerprint density at radius 1 is 1.00 bits per heavy atom. The first kappa shape index (κ1) is 15.9. The van der Waals surface area contributed by atoms with E-state index < -0.39 is 11.9 Å². The molecule has 0 saturated heterocycles. The van der Waals surface area contributed by atoms with Crippen molar-refractivity contribution in [3.63, 3.8) is 0 Å². The highest BCUT2D eigenvalue weighted by molar-refractivity contribution is 6.04. The van der Waals surface area contributed by atoms with Crippen LogP contribution in [0.15, 0.2) is 24.3 Å². The zero-order valence-corrected chi connectivity index (χ0v) is 13.0. The highest BCUT2D eigenvalue weighted by Gasteiger charge is 2.22. The van der Waals surface area contributed by atoms with Gasteiger partial charge in [0.25, 0.3) is 0 Å². The predicted octanol–water partition coefficient (Wildman–Crippen LogP) is 3.15. The number of carbonyl (C=O) groups excluding carboxylic acids is 2. The second kappa shape index (κ2) is 7.02. The number of aryl methyl sites for hydroxylation is 1. The summed E-state index contributed by atoms with van der Waals surface area (Å²) in [7, 11) is 0. The summed E-state index contributed by atoms with van der Waals surface area (Å²) in [6.07, 6.45) is 0.867. The molecule has 0 N–H and O–H groups in total. The summed E-state index contributed by atoms with van der Waals surface area (Å²) >= 11 is 0. The molecule has 0 bridgehead atoms. The maximum atomic E-state index is 12.1. The Hall–Kier alpha value is -2.43. The fourth-order valence-corrected chi connectivity index (χ4v) is 2.15. The summed E-state index contributed by atoms with van der Waals surface area (Å²) in [5, 5.41) is 0.785. The van der Waals surface area contributed by atoms with Crippen molar-refractivity contribution in [3.8, 4) is 0 Å². The van der Waals surface area contributed by atoms with Crippen LogP contribution in [0, 0.1) is 0 Å². The normalized spacial score (nSPS) is 10.5. The smallest absolute Gasteiger partial charge is 0.357 e. The van der Waals surface area contributed by atoms with Crippen LogP contribution in [0.3, 0.4) is 0 Å². The number of benzene rings is 1. The quantitative estimate of drug-likeness (QED) is 0.794. The molecule has 22 heavy (non-hydrogen) atoms. The van der Waals surface area contributed by atoms with Crippen LogP contribution in [0.1, 0.15) is 47.2 Å². The van der Waals surface area contributed by atoms with Gasteiger partial charge in [-0.25, -0.2) is 14.6 Å². The predicted molar refractivity (Wildman–Crippen MR) is 83.0 cm³/mol. The molecular formula is C17H19NO4. The Kier molecular flexibility index (Phi) is 5.09. The van der Waals surface area contributed by atoms with E-state index in [0.717, 1.165) is 17.4 Å². The van der Waals surface area contributed by atoms with Crippen LogP contribution >= 0.6 is 0 Å². The number of hydrogen-bond donors (Lipinski definition) is 0. The molecule has 1 aromatic carbocycles. The molecule has 0 unspecified atom stereocenters. The van der Waals surface area contributed by atoms with Crippen molar-refractivity contribution in [3.05, 3.63) is 41.1 Å². The molecule has 116 valence electrons. The van der Waals surface area contributed by atoms with E-state index in [2.05, 4.69) is 4.98 Å². The van der Waals surface area contributed by atoms with E-state index in [9.17, 15) is 9.59 Å². The number of aromatic nitrogens is 1. The van der Waals surface area contributed by atoms with Crippen molar-refractivity contribution in [1.29, 1.82) is 0 Å². The van der Waals surface area contributed by atoms with Crippen LogP contribution in [0.2, 0.25) is 0 Å². The molecule has 1 aromatic heterocycles. The molecule has 5 heteroatoms. The van der Waals surface area contributed by atoms with Gasteiger partial charge in [0, 0.05) is 5.39 Å². The first-order valence-corrected chi connectivity index (χ1v) is 7.38. The van der Waals surface area contributed by atoms with E-state index >= 15 is 0 Å². The maximum Gasteiger partial charge on any atom is 0.357 e. The van der Waals surface area contributed by atoms with Gasteiger partial charge in [-0.05, 0) is 38.0 Å². The van der Waals surface area contributed by atoms with E-state index in [4.69, 9.17) is 9.47 Å². The van der Waals surface area contributed by atoms with Gasteiger partial charge in [-0.15, -0.1) is 0 Å². The van der Waals surface area contributed by atoms with Gasteiger partial charge in [0.2, 0.25) is 0 Å². The third-order valence-corrected chi connectivity index (χ3v) is 3.25. The van der Waals surface area contributed by atoms with Crippen molar-refractivity contribution in [2.24, 2.45) is 0 Å². The Bertz CT molecular complexity index is 709. The van der Waals surface area contributed by atoms with Crippen molar-refractivity contribution in [2.45, 2.75) is 27.2 Å². The van der Waals surface area contributed by atoms with Crippen LogP contribution in [0.4, 0.5) is 0 Å². The second-order valence-corrected chi connectivity index (χ2v) is 4.71. The third kappa shape index (κ3) is 3.24. The fourth-order valence-electron chi connectivity index (χ4n) is 2.15. The summed E-state index contributed by atoms with van der Waals surface area (Å²) in [4.78, 5) is 28.5. The number of pyridine rings is 1. The van der Waals surface area contributed by atoms with Gasteiger partial charge in [0.1, 0.15) is 0 Å². The van der Waals surface area contributed by atoms with Gasteiger partial charge in [-0.3, -0.25) is 0 Å². The molecular weight excluding hydrogens is 282 g/mol. The first-order valence-electron chi connectivity index (χ1n) is 7.38. The molecule has 0 radical (unpaired) electrons. The van der Waals surface area contributed by atoms with Crippen molar-refractivity contribution in [1.82, 2.24) is 4.98 Å². The van der Waals surface area contributed by atoms with E-state index in [1.807, 2.05) is 25.1 Å². The van der Waals surface area contributed by atoms with E-state index in [0.29, 0.717) is 5.52 Å². The molecule has 2 rings (SSSR count). The summed E-state index contributed by atoms with van der Waals surface area (Å²) in [6, 6.07) is 7.40. The molecule has 0 fully saturated rings. The lowest BCUT2D eigenvalue weighted by Crippen LogP contribution is -2.16. The Morgan fingerprint density at radius 3 is 2.32 bits per heavy atom. The highest BCUT2D eigenvalue weighted by Crippen LogP contribution is 2.20. The maximum absolute atomic E-state index is 12.1. The topological polar surface area (TPSA) is 65.5 Å². The standard InChI is InChI=1S/C17H19NO4/c1-4-11-7-8-12-10-13(16(19)21-5-2)15(17(20)22-6-3)18-14(12)9-11/h7-10H,4-6H2,1-3H3. The van der Waals surface area contributed by atoms with Crippen LogP contribution in [-0.2, 0) is 15.9 Å². The number of fused-ring (bicyclic) bond motifs is 1. The van der Waals surface area contributed by atoms with Gasteiger partial charge in [-0.1, -0.05) is 19.1 Å². The molecule has 0 saturated carbocycles. The molecule has 5 nitrogen and oxygen atoms in total. The monoisotopic (exact) mass is 301 g/mol. The number of esters is 2. The van der Waals surface area contributed by atoms with E-state index in [-0.39, 0.29) is 24.5 Å². The van der Waals surface area contributed by atoms with E-state index in [1.165, 1.54) is 0 Å². The summed E-state index contributed by atoms with van der Waals surface area (Å²) in [6.45, 7) is 5.91. The number of carbonyl (C=O) groups is 2. The van der Waals surface area contributed by atoms with Crippen LogP contribution in [0.25, 0.3) is 10.9 Å². The number of rotatable bonds is 5. The van der Waals surface area contributed by atoms with Crippen LogP contribution in [0.5, 0.6) is 0 Å². The molecule has 2 aromatic rings. The van der Waals surface area contributed by atoms with Crippen LogP contribution < -0.4 is 0 Å². The van der Waals surface area contributed by atoms with Gasteiger partial charge in [-0.2, -0.15) is 0 Å². The van der Waals surface area contributed by atoms with Gasteiger partial charge in [0.05, 0.1) is 24.3 Å². The third-order valence-electron chi connectivity index (χ3n) is 3.25. The highest BCUT2D eigenvalue weighted by atomic mass is 16.5. The lowest BCUT2D eigenvalue weighted by Gasteiger charge is -2.10. The Balaban J connectivity index is 2.61. The van der Waals surface area contributed by atoms with Gasteiger partial charge >= 0.3 is 11.9 Å². The molecule has 0 amide bonds. The molecule has 1 heterocycles. The Labute approximate surface area is 129 Å². The van der Waals surface area contributed by atoms with E-state index in [1.54, 1.807) is 19.9 Å². The first-order chi connectivity index (χ1) is 10.6. The molecule has 0 spiro atoms. The molecule has 0 aliphatic carbocycles. The zero-order valence-electron chi connectivity index (χ0n) is 13.0. The van der Waals surface area contributed by atoms with Crippen molar-refractivity contribution in [2.75, 3.05) is 13.2 Å². The van der Waals surface area contributed by atoms with Crippen molar-refractivity contribution >= 4 is 22.8 Å². The van der Waals surface area contributed by atoms with Crippen LogP contribution in [-0.4, -0.2) is 30.1 Å². The number of hydrogen-bond acceptors (Lipinski definition) is 5. The van der Waals surface area contributed by atoms with Crippen molar-refractivity contribution < 1.29 is 19.1 Å². The lowest BCUT2D eigenvalue weighted by molar-refractivity contribution is 0.0474. The minimum Gasteiger partial charge on any atom is -0.462 e. The fraction of sp³-hybridized carbons (Fsp3) is 0.353. The van der Waals surface area contributed by atoms with Gasteiger partial charge < -0.3 is 9.47 Å². The average molecular weight is 301 g/mol. The summed E-state index contributed by atoms with van der Waals surface area (Å²) in [5.74, 6) is -1.19. The minimum atomic E-state index is -0.616. The zero-order chi connectivity index (χ0) is 16.1.